The van der Waals surface area contributed by atoms with E-state index < -0.39 is 5.97 Å². The standard InChI is InChI=1S/C17H20N2O4S/c1-10-16(22)18-13-9-12(2-3-14(13)24-10)17(23)19-6-4-11(5-7-19)8-15(20)21/h2-3,9-11H,4-8H2,1H3,(H,18,22)(H,20,21). The highest BCUT2D eigenvalue weighted by Crippen LogP contribution is 2.36. The Morgan fingerprint density at radius 1 is 1.33 bits per heavy atom. The molecule has 0 saturated carbocycles. The minimum atomic E-state index is -0.781. The van der Waals surface area contributed by atoms with Gasteiger partial charge in [-0.2, -0.15) is 0 Å². The van der Waals surface area contributed by atoms with Crippen LogP contribution < -0.4 is 5.32 Å². The lowest BCUT2D eigenvalue weighted by Crippen LogP contribution is -2.39. The fourth-order valence-electron chi connectivity index (χ4n) is 3.11. The fourth-order valence-corrected chi connectivity index (χ4v) is 4.04. The number of carbonyl (C=O) groups is 3. The molecule has 7 heteroatoms. The zero-order valence-electron chi connectivity index (χ0n) is 13.4. The first kappa shape index (κ1) is 16.8. The number of thioether (sulfide) groups is 1. The molecular weight excluding hydrogens is 328 g/mol. The smallest absolute Gasteiger partial charge is 0.303 e. The Labute approximate surface area is 144 Å². The normalized spacial score (nSPS) is 21.1. The van der Waals surface area contributed by atoms with E-state index in [1.54, 1.807) is 17.0 Å². The van der Waals surface area contributed by atoms with Crippen molar-refractivity contribution < 1.29 is 19.5 Å². The molecule has 1 aromatic carbocycles. The van der Waals surface area contributed by atoms with Crippen molar-refractivity contribution >= 4 is 35.2 Å². The number of anilines is 1. The van der Waals surface area contributed by atoms with Gasteiger partial charge in [-0.05, 0) is 43.9 Å². The number of nitrogens with one attached hydrogen (secondary N) is 1. The summed E-state index contributed by atoms with van der Waals surface area (Å²) in [5.41, 5.74) is 1.25. The summed E-state index contributed by atoms with van der Waals surface area (Å²) in [6.45, 7) is 3.00. The van der Waals surface area contributed by atoms with E-state index in [-0.39, 0.29) is 29.4 Å². The number of nitrogens with zero attached hydrogens (tertiary/aromatic N) is 1. The van der Waals surface area contributed by atoms with Crippen molar-refractivity contribution in [2.45, 2.75) is 36.3 Å². The van der Waals surface area contributed by atoms with Gasteiger partial charge in [0.2, 0.25) is 5.91 Å². The molecule has 2 aliphatic rings. The molecule has 6 nitrogen and oxygen atoms in total. The van der Waals surface area contributed by atoms with Crippen LogP contribution >= 0.6 is 11.8 Å². The van der Waals surface area contributed by atoms with Crippen LogP contribution in [-0.2, 0) is 9.59 Å². The Bertz CT molecular complexity index is 683. The molecule has 0 bridgehead atoms. The third kappa shape index (κ3) is 3.56. The molecular formula is C17H20N2O4S. The van der Waals surface area contributed by atoms with Crippen LogP contribution in [0.5, 0.6) is 0 Å². The summed E-state index contributed by atoms with van der Waals surface area (Å²) < 4.78 is 0. The van der Waals surface area contributed by atoms with Crippen molar-refractivity contribution in [1.82, 2.24) is 4.90 Å². The second-order valence-corrected chi connectivity index (χ2v) is 7.68. The summed E-state index contributed by atoms with van der Waals surface area (Å²) in [5.74, 6) is -0.750. The van der Waals surface area contributed by atoms with Gasteiger partial charge < -0.3 is 15.3 Å². The number of rotatable bonds is 3. The lowest BCUT2D eigenvalue weighted by Gasteiger charge is -2.31. The summed E-state index contributed by atoms with van der Waals surface area (Å²) in [6, 6.07) is 5.40. The predicted octanol–water partition coefficient (Wildman–Crippen LogP) is 2.45. The second-order valence-electron chi connectivity index (χ2n) is 6.29. The quantitative estimate of drug-likeness (QED) is 0.876. The van der Waals surface area contributed by atoms with Crippen LogP contribution in [0.15, 0.2) is 23.1 Å². The lowest BCUT2D eigenvalue weighted by atomic mass is 9.93. The van der Waals surface area contributed by atoms with Crippen LogP contribution in [0.1, 0.15) is 36.5 Å². The van der Waals surface area contributed by atoms with E-state index >= 15 is 0 Å². The largest absolute Gasteiger partial charge is 0.481 e. The predicted molar refractivity (Wildman–Crippen MR) is 91.3 cm³/mol. The monoisotopic (exact) mass is 348 g/mol. The summed E-state index contributed by atoms with van der Waals surface area (Å²) in [6.07, 6.45) is 1.60. The maximum absolute atomic E-state index is 12.7. The zero-order valence-corrected chi connectivity index (χ0v) is 14.3. The van der Waals surface area contributed by atoms with E-state index in [0.717, 1.165) is 4.90 Å². The SMILES string of the molecule is CC1Sc2ccc(C(=O)N3CCC(CC(=O)O)CC3)cc2NC1=O. The molecule has 1 fully saturated rings. The number of likely N-dealkylation sites (tertiary alicyclic amines) is 1. The van der Waals surface area contributed by atoms with Gasteiger partial charge in [-0.1, -0.05) is 0 Å². The number of carboxylic acid groups (broad SMARTS) is 1. The van der Waals surface area contributed by atoms with E-state index in [0.29, 0.717) is 37.2 Å². The summed E-state index contributed by atoms with van der Waals surface area (Å²) >= 11 is 1.49. The van der Waals surface area contributed by atoms with Crippen molar-refractivity contribution in [1.29, 1.82) is 0 Å². The van der Waals surface area contributed by atoms with Gasteiger partial charge in [-0.15, -0.1) is 11.8 Å². The van der Waals surface area contributed by atoms with E-state index in [4.69, 9.17) is 5.11 Å². The molecule has 2 aliphatic heterocycles. The molecule has 1 aromatic rings. The Morgan fingerprint density at radius 3 is 2.71 bits per heavy atom. The molecule has 0 radical (unpaired) electrons. The van der Waals surface area contributed by atoms with Gasteiger partial charge >= 0.3 is 5.97 Å². The molecule has 0 aromatic heterocycles. The number of hydrogen-bond acceptors (Lipinski definition) is 4. The molecule has 0 spiro atoms. The average molecular weight is 348 g/mol. The van der Waals surface area contributed by atoms with Crippen molar-refractivity contribution in [3.63, 3.8) is 0 Å². The average Bonchev–Trinajstić information content (AvgIpc) is 2.55. The van der Waals surface area contributed by atoms with Gasteiger partial charge in [0.25, 0.3) is 5.91 Å². The first-order valence-corrected chi connectivity index (χ1v) is 8.94. The Balaban J connectivity index is 1.67. The van der Waals surface area contributed by atoms with Crippen LogP contribution in [0, 0.1) is 5.92 Å². The molecule has 3 rings (SSSR count). The first-order chi connectivity index (χ1) is 11.4. The van der Waals surface area contributed by atoms with Crippen LogP contribution in [0.25, 0.3) is 0 Å². The third-order valence-electron chi connectivity index (χ3n) is 4.52. The van der Waals surface area contributed by atoms with Crippen molar-refractivity contribution in [2.75, 3.05) is 18.4 Å². The van der Waals surface area contributed by atoms with Gasteiger partial charge in [0.1, 0.15) is 0 Å². The maximum atomic E-state index is 12.7. The molecule has 24 heavy (non-hydrogen) atoms. The summed E-state index contributed by atoms with van der Waals surface area (Å²) in [4.78, 5) is 37.9. The van der Waals surface area contributed by atoms with Gasteiger partial charge in [0.15, 0.2) is 0 Å². The highest BCUT2D eigenvalue weighted by molar-refractivity contribution is 8.00. The third-order valence-corrected chi connectivity index (χ3v) is 5.70. The summed E-state index contributed by atoms with van der Waals surface area (Å²) in [7, 11) is 0. The molecule has 1 atom stereocenters. The van der Waals surface area contributed by atoms with E-state index in [1.807, 2.05) is 13.0 Å². The van der Waals surface area contributed by atoms with Crippen molar-refractivity contribution in [2.24, 2.45) is 5.92 Å². The number of hydrogen-bond donors (Lipinski definition) is 2. The lowest BCUT2D eigenvalue weighted by molar-refractivity contribution is -0.138. The number of benzene rings is 1. The topological polar surface area (TPSA) is 86.7 Å². The fraction of sp³-hybridized carbons (Fsp3) is 0.471. The molecule has 0 aliphatic carbocycles. The number of piperidine rings is 1. The van der Waals surface area contributed by atoms with Crippen LogP contribution in [0.3, 0.4) is 0 Å². The number of carbonyl (C=O) groups excluding carboxylic acids is 2. The zero-order chi connectivity index (χ0) is 17.3. The Kier molecular flexibility index (Phi) is 4.80. The highest BCUT2D eigenvalue weighted by Gasteiger charge is 2.27. The van der Waals surface area contributed by atoms with Gasteiger partial charge in [-0.3, -0.25) is 14.4 Å². The van der Waals surface area contributed by atoms with Crippen LogP contribution in [0.2, 0.25) is 0 Å². The summed E-state index contributed by atoms with van der Waals surface area (Å²) in [5, 5.41) is 11.6. The molecule has 2 amide bonds. The first-order valence-electron chi connectivity index (χ1n) is 8.06. The van der Waals surface area contributed by atoms with E-state index in [2.05, 4.69) is 5.32 Å². The van der Waals surface area contributed by atoms with Gasteiger partial charge in [0.05, 0.1) is 10.9 Å². The van der Waals surface area contributed by atoms with E-state index in [9.17, 15) is 14.4 Å². The molecule has 1 unspecified atom stereocenters. The second kappa shape index (κ2) is 6.84. The Morgan fingerprint density at radius 2 is 2.04 bits per heavy atom. The van der Waals surface area contributed by atoms with Gasteiger partial charge in [-0.25, -0.2) is 0 Å². The highest BCUT2D eigenvalue weighted by atomic mass is 32.2. The van der Waals surface area contributed by atoms with E-state index in [1.165, 1.54) is 11.8 Å². The van der Waals surface area contributed by atoms with Crippen molar-refractivity contribution in [3.8, 4) is 0 Å². The number of amides is 2. The molecule has 1 saturated heterocycles. The van der Waals surface area contributed by atoms with Crippen molar-refractivity contribution in [3.05, 3.63) is 23.8 Å². The maximum Gasteiger partial charge on any atom is 0.303 e. The molecule has 128 valence electrons. The van der Waals surface area contributed by atoms with Crippen LogP contribution in [0.4, 0.5) is 5.69 Å². The minimum absolute atomic E-state index is 0.0495. The minimum Gasteiger partial charge on any atom is -0.481 e. The molecule has 2 N–H and O–H groups in total. The number of fused-ring (bicyclic) bond motifs is 1. The Hall–Kier alpha value is -2.02. The van der Waals surface area contributed by atoms with Gasteiger partial charge in [0, 0.05) is 30.0 Å². The van der Waals surface area contributed by atoms with Crippen LogP contribution in [-0.4, -0.2) is 46.1 Å². The molecule has 2 heterocycles. The number of carboxylic acids is 1. The number of aliphatic carboxylic acids is 1.